The molecule has 17 heavy (non-hydrogen) atoms. The summed E-state index contributed by atoms with van der Waals surface area (Å²) in [6.45, 7) is 0.576. The molecule has 0 aliphatic heterocycles. The minimum atomic E-state index is -0.597. The number of aromatic nitrogens is 1. The molecule has 0 saturated carbocycles. The van der Waals surface area contributed by atoms with Crippen molar-refractivity contribution in [3.63, 3.8) is 0 Å². The SMILES string of the molecule is Fc1c(Cl)cc(NCc2cccnc2)cc1Cl. The zero-order valence-corrected chi connectivity index (χ0v) is 10.3. The Balaban J connectivity index is 2.10. The van der Waals surface area contributed by atoms with Crippen molar-refractivity contribution >= 4 is 28.9 Å². The van der Waals surface area contributed by atoms with Crippen molar-refractivity contribution in [2.75, 3.05) is 5.32 Å². The van der Waals surface area contributed by atoms with E-state index in [4.69, 9.17) is 23.2 Å². The van der Waals surface area contributed by atoms with Crippen LogP contribution in [0.1, 0.15) is 5.56 Å². The van der Waals surface area contributed by atoms with E-state index in [-0.39, 0.29) is 10.0 Å². The number of benzene rings is 1. The fourth-order valence-corrected chi connectivity index (χ4v) is 1.85. The molecule has 0 radical (unpaired) electrons. The molecule has 0 spiro atoms. The van der Waals surface area contributed by atoms with Crippen molar-refractivity contribution in [2.24, 2.45) is 0 Å². The van der Waals surface area contributed by atoms with E-state index in [2.05, 4.69) is 10.3 Å². The number of nitrogens with zero attached hydrogens (tertiary/aromatic N) is 1. The molecule has 0 unspecified atom stereocenters. The van der Waals surface area contributed by atoms with Gasteiger partial charge in [-0.1, -0.05) is 29.3 Å². The maximum absolute atomic E-state index is 13.2. The highest BCUT2D eigenvalue weighted by atomic mass is 35.5. The molecule has 0 aliphatic rings. The van der Waals surface area contributed by atoms with E-state index in [1.807, 2.05) is 12.1 Å². The van der Waals surface area contributed by atoms with Crippen molar-refractivity contribution in [3.8, 4) is 0 Å². The zero-order chi connectivity index (χ0) is 12.3. The van der Waals surface area contributed by atoms with Crippen LogP contribution in [0.15, 0.2) is 36.7 Å². The molecular formula is C12H9Cl2FN2. The standard InChI is InChI=1S/C12H9Cl2FN2/c13-10-4-9(5-11(14)12(10)15)17-7-8-2-1-3-16-6-8/h1-6,17H,7H2. The van der Waals surface area contributed by atoms with Gasteiger partial charge in [0, 0.05) is 24.6 Å². The topological polar surface area (TPSA) is 24.9 Å². The van der Waals surface area contributed by atoms with Crippen LogP contribution in [0.25, 0.3) is 0 Å². The fourth-order valence-electron chi connectivity index (χ4n) is 1.36. The normalized spacial score (nSPS) is 10.3. The van der Waals surface area contributed by atoms with Crippen molar-refractivity contribution in [1.29, 1.82) is 0 Å². The highest BCUT2D eigenvalue weighted by Crippen LogP contribution is 2.27. The Labute approximate surface area is 108 Å². The summed E-state index contributed by atoms with van der Waals surface area (Å²) >= 11 is 11.4. The molecule has 1 aromatic carbocycles. The predicted molar refractivity (Wildman–Crippen MR) is 68.0 cm³/mol. The first-order chi connectivity index (χ1) is 8.16. The van der Waals surface area contributed by atoms with Crippen molar-refractivity contribution in [2.45, 2.75) is 6.54 Å². The summed E-state index contributed by atoms with van der Waals surface area (Å²) in [6.07, 6.45) is 3.45. The van der Waals surface area contributed by atoms with Crippen LogP contribution >= 0.6 is 23.2 Å². The second kappa shape index (κ2) is 5.34. The van der Waals surface area contributed by atoms with Gasteiger partial charge in [-0.25, -0.2) is 4.39 Å². The van der Waals surface area contributed by atoms with E-state index in [0.717, 1.165) is 5.56 Å². The predicted octanol–water partition coefficient (Wildman–Crippen LogP) is 4.14. The number of nitrogens with one attached hydrogen (secondary N) is 1. The van der Waals surface area contributed by atoms with Crippen molar-refractivity contribution < 1.29 is 4.39 Å². The third-order valence-corrected chi connectivity index (χ3v) is 2.75. The van der Waals surface area contributed by atoms with Gasteiger partial charge < -0.3 is 5.32 Å². The summed E-state index contributed by atoms with van der Waals surface area (Å²) in [4.78, 5) is 3.99. The van der Waals surface area contributed by atoms with Gasteiger partial charge >= 0.3 is 0 Å². The van der Waals surface area contributed by atoms with Gasteiger partial charge in [0.15, 0.2) is 5.82 Å². The first-order valence-corrected chi connectivity index (χ1v) is 5.70. The number of hydrogen-bond acceptors (Lipinski definition) is 2. The third-order valence-electron chi connectivity index (χ3n) is 2.20. The van der Waals surface area contributed by atoms with E-state index >= 15 is 0 Å². The Hall–Kier alpha value is -1.32. The highest BCUT2D eigenvalue weighted by molar-refractivity contribution is 6.35. The van der Waals surface area contributed by atoms with E-state index in [0.29, 0.717) is 12.2 Å². The minimum Gasteiger partial charge on any atom is -0.381 e. The summed E-state index contributed by atoms with van der Waals surface area (Å²) in [5, 5.41) is 3.11. The average Bonchev–Trinajstić information content (AvgIpc) is 2.34. The summed E-state index contributed by atoms with van der Waals surface area (Å²) in [7, 11) is 0. The summed E-state index contributed by atoms with van der Waals surface area (Å²) in [6, 6.07) is 6.78. The van der Waals surface area contributed by atoms with Crippen LogP contribution in [0, 0.1) is 5.82 Å². The Bertz CT molecular complexity index is 494. The van der Waals surface area contributed by atoms with Crippen LogP contribution in [0.3, 0.4) is 0 Å². The molecule has 2 nitrogen and oxygen atoms in total. The number of pyridine rings is 1. The summed E-state index contributed by atoms with van der Waals surface area (Å²) < 4.78 is 13.2. The molecule has 2 aromatic rings. The van der Waals surface area contributed by atoms with Gasteiger partial charge in [-0.15, -0.1) is 0 Å². The lowest BCUT2D eigenvalue weighted by Crippen LogP contribution is -2.00. The molecule has 0 amide bonds. The largest absolute Gasteiger partial charge is 0.381 e. The molecule has 5 heteroatoms. The fraction of sp³-hybridized carbons (Fsp3) is 0.0833. The van der Waals surface area contributed by atoms with Gasteiger partial charge in [-0.3, -0.25) is 4.98 Å². The van der Waals surface area contributed by atoms with Gasteiger partial charge in [0.2, 0.25) is 0 Å². The van der Waals surface area contributed by atoms with E-state index in [9.17, 15) is 4.39 Å². The molecule has 0 aliphatic carbocycles. The molecule has 0 saturated heterocycles. The smallest absolute Gasteiger partial charge is 0.160 e. The van der Waals surface area contributed by atoms with Crippen LogP contribution in [0.2, 0.25) is 10.0 Å². The zero-order valence-electron chi connectivity index (χ0n) is 8.75. The lowest BCUT2D eigenvalue weighted by Gasteiger charge is -2.08. The van der Waals surface area contributed by atoms with Crippen LogP contribution < -0.4 is 5.32 Å². The number of halogens is 3. The second-order valence-corrected chi connectivity index (χ2v) is 4.28. The number of hydrogen-bond donors (Lipinski definition) is 1. The van der Waals surface area contributed by atoms with Crippen LogP contribution in [0.4, 0.5) is 10.1 Å². The van der Waals surface area contributed by atoms with Gasteiger partial charge in [0.1, 0.15) is 0 Å². The molecule has 88 valence electrons. The Morgan fingerprint density at radius 3 is 2.53 bits per heavy atom. The van der Waals surface area contributed by atoms with E-state index < -0.39 is 5.82 Å². The maximum Gasteiger partial charge on any atom is 0.160 e. The minimum absolute atomic E-state index is 0.00573. The van der Waals surface area contributed by atoms with Gasteiger partial charge in [-0.05, 0) is 23.8 Å². The lowest BCUT2D eigenvalue weighted by molar-refractivity contribution is 0.629. The first kappa shape index (κ1) is 12.1. The average molecular weight is 271 g/mol. The monoisotopic (exact) mass is 270 g/mol. The Morgan fingerprint density at radius 2 is 1.94 bits per heavy atom. The summed E-state index contributed by atoms with van der Waals surface area (Å²) in [5.41, 5.74) is 1.69. The maximum atomic E-state index is 13.2. The second-order valence-electron chi connectivity index (χ2n) is 3.47. The van der Waals surface area contributed by atoms with Gasteiger partial charge in [-0.2, -0.15) is 0 Å². The molecule has 1 N–H and O–H groups in total. The van der Waals surface area contributed by atoms with Gasteiger partial charge in [0.05, 0.1) is 10.0 Å². The van der Waals surface area contributed by atoms with Crippen molar-refractivity contribution in [1.82, 2.24) is 4.98 Å². The lowest BCUT2D eigenvalue weighted by atomic mass is 10.2. The number of anilines is 1. The van der Waals surface area contributed by atoms with Crippen LogP contribution in [-0.2, 0) is 6.54 Å². The van der Waals surface area contributed by atoms with Crippen LogP contribution in [-0.4, -0.2) is 4.98 Å². The molecule has 0 atom stereocenters. The molecule has 0 bridgehead atoms. The Morgan fingerprint density at radius 1 is 1.24 bits per heavy atom. The quantitative estimate of drug-likeness (QED) is 0.848. The third kappa shape index (κ3) is 3.08. The molecule has 1 heterocycles. The Kier molecular flexibility index (Phi) is 3.82. The molecule has 0 fully saturated rings. The van der Waals surface area contributed by atoms with E-state index in [1.165, 1.54) is 12.1 Å². The molecule has 1 aromatic heterocycles. The highest BCUT2D eigenvalue weighted by Gasteiger charge is 2.07. The number of rotatable bonds is 3. The van der Waals surface area contributed by atoms with Crippen molar-refractivity contribution in [3.05, 3.63) is 58.1 Å². The first-order valence-electron chi connectivity index (χ1n) is 4.94. The van der Waals surface area contributed by atoms with Gasteiger partial charge in [0.25, 0.3) is 0 Å². The van der Waals surface area contributed by atoms with Crippen LogP contribution in [0.5, 0.6) is 0 Å². The summed E-state index contributed by atoms with van der Waals surface area (Å²) in [5.74, 6) is -0.597. The molecule has 2 rings (SSSR count). The van der Waals surface area contributed by atoms with E-state index in [1.54, 1.807) is 12.4 Å². The molecular weight excluding hydrogens is 262 g/mol.